The number of anilines is 1. The van der Waals surface area contributed by atoms with Crippen molar-refractivity contribution >= 4 is 27.6 Å². The lowest BCUT2D eigenvalue weighted by molar-refractivity contribution is -0.115. The zero-order valence-electron chi connectivity index (χ0n) is 16.1. The lowest BCUT2D eigenvalue weighted by atomic mass is 10.2. The lowest BCUT2D eigenvalue weighted by Gasteiger charge is -2.20. The molecule has 1 aromatic carbocycles. The molecular weight excluding hydrogens is 384 g/mol. The van der Waals surface area contributed by atoms with Gasteiger partial charge in [-0.2, -0.15) is 4.31 Å². The first-order chi connectivity index (χ1) is 13.4. The standard InChI is InChI=1S/C18H28N4O5S/c1-27-12-9-19-18(24)20-14-17(23)21-15-7-6-8-16(13-15)28(25,26)22-10-4-2-3-5-11-22/h6-8,13H,2-5,9-12,14H2,1H3,(H,21,23)(H2,19,20,24). The maximum atomic E-state index is 12.9. The van der Waals surface area contributed by atoms with E-state index in [1.54, 1.807) is 12.1 Å². The van der Waals surface area contributed by atoms with Gasteiger partial charge in [0.15, 0.2) is 0 Å². The minimum absolute atomic E-state index is 0.150. The fourth-order valence-corrected chi connectivity index (χ4v) is 4.42. The molecule has 0 aromatic heterocycles. The zero-order chi connectivity index (χ0) is 20.4. The van der Waals surface area contributed by atoms with Gasteiger partial charge in [0.25, 0.3) is 0 Å². The zero-order valence-corrected chi connectivity index (χ0v) is 16.9. The van der Waals surface area contributed by atoms with Crippen LogP contribution >= 0.6 is 0 Å². The number of hydrogen-bond donors (Lipinski definition) is 3. The smallest absolute Gasteiger partial charge is 0.315 e. The monoisotopic (exact) mass is 412 g/mol. The van der Waals surface area contributed by atoms with Crippen molar-refractivity contribution in [2.75, 3.05) is 45.2 Å². The lowest BCUT2D eigenvalue weighted by Crippen LogP contribution is -2.41. The van der Waals surface area contributed by atoms with Gasteiger partial charge in [0.2, 0.25) is 15.9 Å². The molecule has 0 unspecified atom stereocenters. The van der Waals surface area contributed by atoms with Gasteiger partial charge in [-0.15, -0.1) is 0 Å². The fourth-order valence-electron chi connectivity index (χ4n) is 2.86. The van der Waals surface area contributed by atoms with Crippen LogP contribution in [-0.4, -0.2) is 64.6 Å². The summed E-state index contributed by atoms with van der Waals surface area (Å²) in [6.07, 6.45) is 3.78. The first kappa shape index (κ1) is 22.1. The van der Waals surface area contributed by atoms with Crippen LogP contribution in [0.25, 0.3) is 0 Å². The van der Waals surface area contributed by atoms with E-state index >= 15 is 0 Å². The van der Waals surface area contributed by atoms with Crippen LogP contribution in [0.15, 0.2) is 29.2 Å². The summed E-state index contributed by atoms with van der Waals surface area (Å²) in [6, 6.07) is 5.68. The highest BCUT2D eigenvalue weighted by atomic mass is 32.2. The number of amides is 3. The molecule has 0 spiro atoms. The molecule has 0 atom stereocenters. The number of methoxy groups -OCH3 is 1. The Hall–Kier alpha value is -2.17. The summed E-state index contributed by atoms with van der Waals surface area (Å²) in [7, 11) is -2.07. The summed E-state index contributed by atoms with van der Waals surface area (Å²) in [6.45, 7) is 1.50. The SMILES string of the molecule is COCCNC(=O)NCC(=O)Nc1cccc(S(=O)(=O)N2CCCCCC2)c1. The number of nitrogens with zero attached hydrogens (tertiary/aromatic N) is 1. The van der Waals surface area contributed by atoms with Gasteiger partial charge in [-0.05, 0) is 31.0 Å². The van der Waals surface area contributed by atoms with Crippen LogP contribution in [0.1, 0.15) is 25.7 Å². The van der Waals surface area contributed by atoms with Gasteiger partial charge in [-0.1, -0.05) is 18.9 Å². The largest absolute Gasteiger partial charge is 0.383 e. The fraction of sp³-hybridized carbons (Fsp3) is 0.556. The number of hydrogen-bond acceptors (Lipinski definition) is 5. The van der Waals surface area contributed by atoms with Crippen LogP contribution in [0.2, 0.25) is 0 Å². The summed E-state index contributed by atoms with van der Waals surface area (Å²) in [5, 5.41) is 7.56. The number of rotatable bonds is 8. The van der Waals surface area contributed by atoms with Crippen LogP contribution in [0.5, 0.6) is 0 Å². The number of urea groups is 1. The highest BCUT2D eigenvalue weighted by Gasteiger charge is 2.25. The maximum Gasteiger partial charge on any atom is 0.315 e. The van der Waals surface area contributed by atoms with Crippen LogP contribution < -0.4 is 16.0 Å². The van der Waals surface area contributed by atoms with Crippen molar-refractivity contribution in [2.24, 2.45) is 0 Å². The van der Waals surface area contributed by atoms with Crippen molar-refractivity contribution in [3.05, 3.63) is 24.3 Å². The molecule has 1 aromatic rings. The van der Waals surface area contributed by atoms with Crippen molar-refractivity contribution < 1.29 is 22.7 Å². The van der Waals surface area contributed by atoms with Gasteiger partial charge < -0.3 is 20.7 Å². The molecule has 0 aliphatic carbocycles. The van der Waals surface area contributed by atoms with Crippen molar-refractivity contribution in [2.45, 2.75) is 30.6 Å². The summed E-state index contributed by atoms with van der Waals surface area (Å²) < 4.78 is 32.0. The molecule has 1 aliphatic rings. The molecule has 9 nitrogen and oxygen atoms in total. The highest BCUT2D eigenvalue weighted by Crippen LogP contribution is 2.22. The molecule has 10 heteroatoms. The van der Waals surface area contributed by atoms with Gasteiger partial charge >= 0.3 is 6.03 Å². The second kappa shape index (κ2) is 11.0. The third-order valence-electron chi connectivity index (χ3n) is 4.32. The van der Waals surface area contributed by atoms with E-state index in [0.29, 0.717) is 31.9 Å². The molecule has 0 radical (unpaired) electrons. The topological polar surface area (TPSA) is 117 Å². The predicted octanol–water partition coefficient (Wildman–Crippen LogP) is 1.14. The minimum atomic E-state index is -3.59. The quantitative estimate of drug-likeness (QED) is 0.554. The Balaban J connectivity index is 1.93. The number of benzene rings is 1. The average Bonchev–Trinajstić information content (AvgIpc) is 2.97. The number of ether oxygens (including phenoxy) is 1. The number of carbonyl (C=O) groups excluding carboxylic acids is 2. The maximum absolute atomic E-state index is 12.9. The molecule has 1 aliphatic heterocycles. The van der Waals surface area contributed by atoms with E-state index in [4.69, 9.17) is 4.74 Å². The molecule has 1 saturated heterocycles. The van der Waals surface area contributed by atoms with Crippen LogP contribution in [0.4, 0.5) is 10.5 Å². The number of carbonyl (C=O) groups is 2. The molecule has 156 valence electrons. The summed E-state index contributed by atoms with van der Waals surface area (Å²) in [5.74, 6) is -0.453. The van der Waals surface area contributed by atoms with Crippen LogP contribution in [-0.2, 0) is 19.6 Å². The van der Waals surface area contributed by atoms with E-state index in [0.717, 1.165) is 25.7 Å². The molecule has 1 fully saturated rings. The first-order valence-electron chi connectivity index (χ1n) is 9.34. The van der Waals surface area contributed by atoms with E-state index < -0.39 is 22.0 Å². The van der Waals surface area contributed by atoms with E-state index in [1.165, 1.54) is 23.5 Å². The predicted molar refractivity (Wildman–Crippen MR) is 106 cm³/mol. The molecule has 2 rings (SSSR count). The van der Waals surface area contributed by atoms with E-state index in [9.17, 15) is 18.0 Å². The van der Waals surface area contributed by atoms with Crippen molar-refractivity contribution in [3.8, 4) is 0 Å². The normalized spacial score (nSPS) is 15.5. The van der Waals surface area contributed by atoms with Crippen LogP contribution in [0, 0.1) is 0 Å². The van der Waals surface area contributed by atoms with Gasteiger partial charge in [0.05, 0.1) is 18.0 Å². The first-order valence-corrected chi connectivity index (χ1v) is 10.8. The second-order valence-corrected chi connectivity index (χ2v) is 8.43. The Labute approximate surface area is 165 Å². The molecule has 0 saturated carbocycles. The Bertz CT molecular complexity index is 761. The Morgan fingerprint density at radius 1 is 1.11 bits per heavy atom. The average molecular weight is 413 g/mol. The summed E-state index contributed by atoms with van der Waals surface area (Å²) >= 11 is 0. The number of nitrogens with one attached hydrogen (secondary N) is 3. The van der Waals surface area contributed by atoms with Crippen molar-refractivity contribution in [1.82, 2.24) is 14.9 Å². The third kappa shape index (κ3) is 6.77. The van der Waals surface area contributed by atoms with Gasteiger partial charge in [-0.3, -0.25) is 4.79 Å². The summed E-state index contributed by atoms with van der Waals surface area (Å²) in [5.41, 5.74) is 0.363. The van der Waals surface area contributed by atoms with E-state index in [2.05, 4.69) is 16.0 Å². The Kier molecular flexibility index (Phi) is 8.68. The number of sulfonamides is 1. The molecule has 3 N–H and O–H groups in total. The van der Waals surface area contributed by atoms with Crippen molar-refractivity contribution in [1.29, 1.82) is 0 Å². The summed E-state index contributed by atoms with van der Waals surface area (Å²) in [4.78, 5) is 23.7. The highest BCUT2D eigenvalue weighted by molar-refractivity contribution is 7.89. The molecule has 3 amide bonds. The van der Waals surface area contributed by atoms with Gasteiger partial charge in [-0.25, -0.2) is 13.2 Å². The minimum Gasteiger partial charge on any atom is -0.383 e. The van der Waals surface area contributed by atoms with Crippen molar-refractivity contribution in [3.63, 3.8) is 0 Å². The molecule has 0 bridgehead atoms. The third-order valence-corrected chi connectivity index (χ3v) is 6.22. The second-order valence-electron chi connectivity index (χ2n) is 6.50. The molecular formula is C18H28N4O5S. The molecule has 28 heavy (non-hydrogen) atoms. The molecule has 1 heterocycles. The van der Waals surface area contributed by atoms with Crippen LogP contribution in [0.3, 0.4) is 0 Å². The Morgan fingerprint density at radius 3 is 2.50 bits per heavy atom. The Morgan fingerprint density at radius 2 is 1.82 bits per heavy atom. The van der Waals surface area contributed by atoms with E-state index in [-0.39, 0.29) is 11.4 Å². The van der Waals surface area contributed by atoms with Gasteiger partial charge in [0.1, 0.15) is 0 Å². The van der Waals surface area contributed by atoms with E-state index in [1.807, 2.05) is 0 Å². The van der Waals surface area contributed by atoms with Gasteiger partial charge in [0, 0.05) is 32.4 Å².